The molecule has 1 atom stereocenters. The van der Waals surface area contributed by atoms with E-state index in [0.29, 0.717) is 31.4 Å². The van der Waals surface area contributed by atoms with Gasteiger partial charge in [0.05, 0.1) is 13.2 Å². The molecule has 5 nitrogen and oxygen atoms in total. The van der Waals surface area contributed by atoms with Crippen LogP contribution in [0.2, 0.25) is 0 Å². The topological polar surface area (TPSA) is 69.7 Å². The Hall–Kier alpha value is -1.65. The Balaban J connectivity index is 2.89. The third-order valence-corrected chi connectivity index (χ3v) is 3.44. The van der Waals surface area contributed by atoms with Gasteiger partial charge in [0.1, 0.15) is 5.41 Å². The molecule has 0 heterocycles. The lowest BCUT2D eigenvalue weighted by Gasteiger charge is -2.25. The van der Waals surface area contributed by atoms with Gasteiger partial charge in [0.25, 0.3) is 0 Å². The fourth-order valence-electron chi connectivity index (χ4n) is 2.59. The summed E-state index contributed by atoms with van der Waals surface area (Å²) in [4.78, 5) is 35.7. The Morgan fingerprint density at radius 2 is 1.90 bits per heavy atom. The minimum absolute atomic E-state index is 0.0902. The number of Topliss-reactive ketones (excluding diaryl/α,β-unsaturated/α-hetero) is 1. The second-order valence-electron chi connectivity index (χ2n) is 5.00. The Morgan fingerprint density at radius 1 is 1.25 bits per heavy atom. The SMILES string of the molecule is CCOC(=O)/C=C(/C)C[C@]1(C(=O)OCC)CCCC1=O. The van der Waals surface area contributed by atoms with E-state index in [9.17, 15) is 14.4 Å². The summed E-state index contributed by atoms with van der Waals surface area (Å²) in [6.07, 6.45) is 3.13. The zero-order chi connectivity index (χ0) is 15.2. The van der Waals surface area contributed by atoms with Gasteiger partial charge in [0.15, 0.2) is 5.78 Å². The van der Waals surface area contributed by atoms with Gasteiger partial charge in [-0.25, -0.2) is 4.79 Å². The predicted octanol–water partition coefficient (Wildman–Crippen LogP) is 2.19. The van der Waals surface area contributed by atoms with Crippen LogP contribution in [-0.4, -0.2) is 30.9 Å². The van der Waals surface area contributed by atoms with Gasteiger partial charge in [0, 0.05) is 12.5 Å². The highest BCUT2D eigenvalue weighted by atomic mass is 16.5. The fraction of sp³-hybridized carbons (Fsp3) is 0.667. The van der Waals surface area contributed by atoms with Crippen molar-refractivity contribution in [3.05, 3.63) is 11.6 Å². The van der Waals surface area contributed by atoms with Crippen LogP contribution in [0.15, 0.2) is 11.6 Å². The highest BCUT2D eigenvalue weighted by Crippen LogP contribution is 2.41. The molecular weight excluding hydrogens is 260 g/mol. The Labute approximate surface area is 119 Å². The molecule has 0 aromatic heterocycles. The van der Waals surface area contributed by atoms with E-state index in [2.05, 4.69) is 0 Å². The van der Waals surface area contributed by atoms with Crippen molar-refractivity contribution in [3.8, 4) is 0 Å². The van der Waals surface area contributed by atoms with Crippen LogP contribution in [0.1, 0.15) is 46.5 Å². The van der Waals surface area contributed by atoms with Crippen molar-refractivity contribution in [2.45, 2.75) is 46.5 Å². The summed E-state index contributed by atoms with van der Waals surface area (Å²) in [5.74, 6) is -1.01. The molecule has 0 N–H and O–H groups in total. The van der Waals surface area contributed by atoms with E-state index < -0.39 is 17.4 Å². The lowest BCUT2D eigenvalue weighted by Crippen LogP contribution is -2.37. The van der Waals surface area contributed by atoms with Crippen molar-refractivity contribution >= 4 is 17.7 Å². The standard InChI is InChI=1S/C15H22O5/c1-4-19-13(17)9-11(3)10-15(14(18)20-5-2)8-6-7-12(15)16/h9H,4-8,10H2,1-3H3/b11-9-/t15-/m1/s1. The maximum atomic E-state index is 12.1. The first-order chi connectivity index (χ1) is 9.46. The molecule has 5 heteroatoms. The summed E-state index contributed by atoms with van der Waals surface area (Å²) in [6.45, 7) is 5.70. The van der Waals surface area contributed by atoms with Crippen LogP contribution in [-0.2, 0) is 23.9 Å². The van der Waals surface area contributed by atoms with Gasteiger partial charge in [-0.05, 0) is 40.0 Å². The van der Waals surface area contributed by atoms with Crippen molar-refractivity contribution in [2.24, 2.45) is 5.41 Å². The lowest BCUT2D eigenvalue weighted by atomic mass is 9.79. The summed E-state index contributed by atoms with van der Waals surface area (Å²) < 4.78 is 9.88. The van der Waals surface area contributed by atoms with Crippen molar-refractivity contribution in [2.75, 3.05) is 13.2 Å². The van der Waals surface area contributed by atoms with Crippen molar-refractivity contribution in [3.63, 3.8) is 0 Å². The van der Waals surface area contributed by atoms with E-state index >= 15 is 0 Å². The maximum Gasteiger partial charge on any atom is 0.330 e. The smallest absolute Gasteiger partial charge is 0.330 e. The van der Waals surface area contributed by atoms with Crippen LogP contribution in [0, 0.1) is 5.41 Å². The van der Waals surface area contributed by atoms with Gasteiger partial charge >= 0.3 is 11.9 Å². The first-order valence-electron chi connectivity index (χ1n) is 7.00. The lowest BCUT2D eigenvalue weighted by molar-refractivity contribution is -0.158. The van der Waals surface area contributed by atoms with Gasteiger partial charge in [-0.15, -0.1) is 0 Å². The predicted molar refractivity (Wildman–Crippen MR) is 72.9 cm³/mol. The van der Waals surface area contributed by atoms with Gasteiger partial charge in [-0.1, -0.05) is 5.57 Å². The molecule has 20 heavy (non-hydrogen) atoms. The highest BCUT2D eigenvalue weighted by molar-refractivity contribution is 6.05. The number of allylic oxidation sites excluding steroid dienone is 1. The molecule has 1 saturated carbocycles. The number of hydrogen-bond donors (Lipinski definition) is 0. The number of hydrogen-bond acceptors (Lipinski definition) is 5. The summed E-state index contributed by atoms with van der Waals surface area (Å²) in [6, 6.07) is 0. The number of ketones is 1. The van der Waals surface area contributed by atoms with E-state index in [1.165, 1.54) is 6.08 Å². The molecular formula is C15H22O5. The first-order valence-corrected chi connectivity index (χ1v) is 7.00. The summed E-state index contributed by atoms with van der Waals surface area (Å²) in [5, 5.41) is 0. The second-order valence-corrected chi connectivity index (χ2v) is 5.00. The van der Waals surface area contributed by atoms with Gasteiger partial charge in [0.2, 0.25) is 0 Å². The van der Waals surface area contributed by atoms with E-state index in [0.717, 1.165) is 0 Å². The summed E-state index contributed by atoms with van der Waals surface area (Å²) >= 11 is 0. The average Bonchev–Trinajstić information content (AvgIpc) is 2.72. The maximum absolute atomic E-state index is 12.1. The highest BCUT2D eigenvalue weighted by Gasteiger charge is 2.49. The molecule has 0 aromatic rings. The zero-order valence-electron chi connectivity index (χ0n) is 12.4. The molecule has 0 aromatic carbocycles. The monoisotopic (exact) mass is 282 g/mol. The Bertz CT molecular complexity index is 424. The first kappa shape index (κ1) is 16.4. The molecule has 0 unspecified atom stereocenters. The molecule has 0 bridgehead atoms. The zero-order valence-corrected chi connectivity index (χ0v) is 12.4. The van der Waals surface area contributed by atoms with Crippen LogP contribution in [0.3, 0.4) is 0 Å². The van der Waals surface area contributed by atoms with Crippen LogP contribution >= 0.6 is 0 Å². The van der Waals surface area contributed by atoms with Crippen LogP contribution < -0.4 is 0 Å². The largest absolute Gasteiger partial charge is 0.465 e. The van der Waals surface area contributed by atoms with Crippen LogP contribution in [0.5, 0.6) is 0 Å². The third kappa shape index (κ3) is 3.68. The van der Waals surface area contributed by atoms with Gasteiger partial charge in [-0.3, -0.25) is 9.59 Å². The molecule has 1 rings (SSSR count). The molecule has 112 valence electrons. The average molecular weight is 282 g/mol. The molecule has 0 aliphatic heterocycles. The summed E-state index contributed by atoms with van der Waals surface area (Å²) in [5.41, 5.74) is -0.449. The van der Waals surface area contributed by atoms with E-state index in [4.69, 9.17) is 9.47 Å². The van der Waals surface area contributed by atoms with E-state index in [1.807, 2.05) is 0 Å². The molecule has 0 saturated heterocycles. The number of carbonyl (C=O) groups excluding carboxylic acids is 3. The van der Waals surface area contributed by atoms with Gasteiger partial charge in [-0.2, -0.15) is 0 Å². The van der Waals surface area contributed by atoms with Crippen molar-refractivity contribution < 1.29 is 23.9 Å². The number of esters is 2. The minimum atomic E-state index is -1.11. The fourth-order valence-corrected chi connectivity index (χ4v) is 2.59. The molecule has 1 fully saturated rings. The van der Waals surface area contributed by atoms with E-state index in [-0.39, 0.29) is 18.8 Å². The van der Waals surface area contributed by atoms with Crippen LogP contribution in [0.25, 0.3) is 0 Å². The number of rotatable bonds is 6. The number of ether oxygens (including phenoxy) is 2. The molecule has 1 aliphatic rings. The second kappa shape index (κ2) is 7.22. The Morgan fingerprint density at radius 3 is 2.40 bits per heavy atom. The molecule has 1 aliphatic carbocycles. The quantitative estimate of drug-likeness (QED) is 0.424. The number of carbonyl (C=O) groups is 3. The molecule has 0 amide bonds. The van der Waals surface area contributed by atoms with Crippen molar-refractivity contribution in [1.29, 1.82) is 0 Å². The minimum Gasteiger partial charge on any atom is -0.465 e. The molecule has 0 radical (unpaired) electrons. The normalized spacial score (nSPS) is 22.8. The van der Waals surface area contributed by atoms with Gasteiger partial charge < -0.3 is 9.47 Å². The summed E-state index contributed by atoms with van der Waals surface area (Å²) in [7, 11) is 0. The van der Waals surface area contributed by atoms with E-state index in [1.54, 1.807) is 20.8 Å². The third-order valence-electron chi connectivity index (χ3n) is 3.44. The Kier molecular flexibility index (Phi) is 5.92. The van der Waals surface area contributed by atoms with Crippen molar-refractivity contribution in [1.82, 2.24) is 0 Å². The van der Waals surface area contributed by atoms with Crippen LogP contribution in [0.4, 0.5) is 0 Å². The molecule has 0 spiro atoms.